The molecule has 1 aliphatic carbocycles. The topological polar surface area (TPSA) is 76.1 Å². The largest absolute Gasteiger partial charge is 0.465 e. The molecule has 0 unspecified atom stereocenters. The van der Waals surface area contributed by atoms with Crippen LogP contribution in [0.25, 0.3) is 0 Å². The number of aliphatic hydroxyl groups excluding tert-OH is 1. The van der Waals surface area contributed by atoms with Gasteiger partial charge in [0.1, 0.15) is 6.10 Å². The Balaban J connectivity index is 2.30. The quantitative estimate of drug-likeness (QED) is 0.0491. The van der Waals surface area contributed by atoms with Crippen LogP contribution in [0.3, 0.4) is 0 Å². The van der Waals surface area contributed by atoms with Gasteiger partial charge in [0.05, 0.1) is 6.61 Å². The summed E-state index contributed by atoms with van der Waals surface area (Å²) in [5.41, 5.74) is 0.392. The molecule has 0 aromatic carbocycles. The van der Waals surface area contributed by atoms with E-state index in [-0.39, 0.29) is 30.1 Å². The molecule has 0 bridgehead atoms. The monoisotopic (exact) mass is 778 g/mol. The number of esters is 2. The van der Waals surface area contributed by atoms with E-state index in [1.165, 1.54) is 154 Å². The maximum atomic E-state index is 13.1. The molecule has 0 atom stereocenters. The minimum absolute atomic E-state index is 0.0186. The summed E-state index contributed by atoms with van der Waals surface area (Å²) in [6.07, 6.45) is 39.9. The lowest BCUT2D eigenvalue weighted by Gasteiger charge is -2.25. The summed E-state index contributed by atoms with van der Waals surface area (Å²) in [5.74, 6) is 0.0178. The van der Waals surface area contributed by atoms with Crippen molar-refractivity contribution in [3.63, 3.8) is 0 Å². The first-order valence-electron chi connectivity index (χ1n) is 24.4. The Morgan fingerprint density at radius 3 is 1.62 bits per heavy atom. The zero-order valence-corrected chi connectivity index (χ0v) is 37.7. The molecule has 0 heterocycles. The number of aliphatic hydroxyl groups is 1. The SMILES string of the molecule is CCCCCCCCCC(=O)OCC(C)(C)CCCCCN(CCCO)CCCCC1(CCC(=O)OC(CCCCCCCC)CCCCCCCC)CC1. The smallest absolute Gasteiger partial charge is 0.306 e. The molecule has 1 N–H and O–H groups in total. The van der Waals surface area contributed by atoms with Crippen LogP contribution in [0.4, 0.5) is 0 Å². The van der Waals surface area contributed by atoms with E-state index in [0.29, 0.717) is 24.9 Å². The second-order valence-corrected chi connectivity index (χ2v) is 18.6. The summed E-state index contributed by atoms with van der Waals surface area (Å²) >= 11 is 0. The van der Waals surface area contributed by atoms with Crippen LogP contribution in [0.5, 0.6) is 0 Å². The molecule has 6 nitrogen and oxygen atoms in total. The van der Waals surface area contributed by atoms with Crippen LogP contribution in [0.2, 0.25) is 0 Å². The van der Waals surface area contributed by atoms with Crippen molar-refractivity contribution in [2.75, 3.05) is 32.8 Å². The lowest BCUT2D eigenvalue weighted by Crippen LogP contribution is -2.28. The second-order valence-electron chi connectivity index (χ2n) is 18.6. The summed E-state index contributed by atoms with van der Waals surface area (Å²) in [6.45, 7) is 15.1. The summed E-state index contributed by atoms with van der Waals surface area (Å²) in [6, 6.07) is 0. The van der Waals surface area contributed by atoms with Crippen LogP contribution in [0, 0.1) is 10.8 Å². The van der Waals surface area contributed by atoms with Crippen LogP contribution in [-0.2, 0) is 19.1 Å². The van der Waals surface area contributed by atoms with E-state index >= 15 is 0 Å². The fourth-order valence-electron chi connectivity index (χ4n) is 8.21. The number of hydrogen-bond donors (Lipinski definition) is 1. The Hall–Kier alpha value is -1.14. The number of rotatable bonds is 42. The second kappa shape index (κ2) is 34.9. The van der Waals surface area contributed by atoms with Crippen molar-refractivity contribution in [1.82, 2.24) is 4.90 Å². The van der Waals surface area contributed by atoms with Gasteiger partial charge in [-0.05, 0) is 107 Å². The van der Waals surface area contributed by atoms with Crippen LogP contribution >= 0.6 is 0 Å². The molecular formula is C49H95NO5. The van der Waals surface area contributed by atoms with Gasteiger partial charge in [0, 0.05) is 26.0 Å². The van der Waals surface area contributed by atoms with E-state index in [1.54, 1.807) is 0 Å². The number of ether oxygens (including phenoxy) is 2. The zero-order chi connectivity index (χ0) is 40.3. The summed E-state index contributed by atoms with van der Waals surface area (Å²) in [7, 11) is 0. The van der Waals surface area contributed by atoms with E-state index in [1.807, 2.05) is 0 Å². The Labute approximate surface area is 342 Å². The Morgan fingerprint density at radius 2 is 1.07 bits per heavy atom. The van der Waals surface area contributed by atoms with Gasteiger partial charge >= 0.3 is 11.9 Å². The molecule has 0 amide bonds. The first-order chi connectivity index (χ1) is 26.7. The summed E-state index contributed by atoms with van der Waals surface area (Å²) in [4.78, 5) is 27.9. The van der Waals surface area contributed by atoms with Crippen LogP contribution in [-0.4, -0.2) is 60.9 Å². The van der Waals surface area contributed by atoms with Gasteiger partial charge in [0.25, 0.3) is 0 Å². The molecule has 326 valence electrons. The third kappa shape index (κ3) is 31.5. The Bertz CT molecular complexity index is 871. The number of carbonyl (C=O) groups is 2. The first-order valence-corrected chi connectivity index (χ1v) is 24.4. The molecule has 0 saturated heterocycles. The zero-order valence-electron chi connectivity index (χ0n) is 37.7. The minimum Gasteiger partial charge on any atom is -0.465 e. The van der Waals surface area contributed by atoms with Gasteiger partial charge in [-0.2, -0.15) is 0 Å². The normalized spacial score (nSPS) is 13.9. The third-order valence-electron chi connectivity index (χ3n) is 12.4. The van der Waals surface area contributed by atoms with Gasteiger partial charge in [-0.15, -0.1) is 0 Å². The first kappa shape index (κ1) is 51.9. The predicted molar refractivity (Wildman–Crippen MR) is 235 cm³/mol. The molecular weight excluding hydrogens is 683 g/mol. The van der Waals surface area contributed by atoms with E-state index < -0.39 is 0 Å². The maximum absolute atomic E-state index is 13.1. The van der Waals surface area contributed by atoms with Gasteiger partial charge in [-0.1, -0.05) is 157 Å². The van der Waals surface area contributed by atoms with Crippen molar-refractivity contribution < 1.29 is 24.2 Å². The molecule has 55 heavy (non-hydrogen) atoms. The maximum Gasteiger partial charge on any atom is 0.306 e. The van der Waals surface area contributed by atoms with Crippen LogP contribution in [0.1, 0.15) is 253 Å². The molecule has 1 aliphatic rings. The third-order valence-corrected chi connectivity index (χ3v) is 12.4. The van der Waals surface area contributed by atoms with E-state index in [4.69, 9.17) is 9.47 Å². The molecule has 1 rings (SSSR count). The van der Waals surface area contributed by atoms with E-state index in [2.05, 4.69) is 39.5 Å². The fraction of sp³-hybridized carbons (Fsp3) is 0.959. The predicted octanol–water partition coefficient (Wildman–Crippen LogP) is 14.1. The molecule has 1 saturated carbocycles. The minimum atomic E-state index is -0.0300. The highest BCUT2D eigenvalue weighted by Gasteiger charge is 2.41. The highest BCUT2D eigenvalue weighted by Crippen LogP contribution is 2.53. The number of unbranched alkanes of at least 4 members (excludes halogenated alkanes) is 19. The molecule has 6 heteroatoms. The van der Waals surface area contributed by atoms with Gasteiger partial charge < -0.3 is 19.5 Å². The molecule has 0 aromatic heterocycles. The molecule has 0 aromatic rings. The van der Waals surface area contributed by atoms with Gasteiger partial charge in [0.2, 0.25) is 0 Å². The highest BCUT2D eigenvalue weighted by atomic mass is 16.5. The average molecular weight is 778 g/mol. The van der Waals surface area contributed by atoms with Gasteiger partial charge in [-0.3, -0.25) is 9.59 Å². The number of carbonyl (C=O) groups excluding carboxylic acids is 2. The van der Waals surface area contributed by atoms with Crippen LogP contribution < -0.4 is 0 Å². The lowest BCUT2D eigenvalue weighted by atomic mass is 9.88. The molecule has 0 aliphatic heterocycles. The van der Waals surface area contributed by atoms with Crippen molar-refractivity contribution in [2.24, 2.45) is 10.8 Å². The highest BCUT2D eigenvalue weighted by molar-refractivity contribution is 5.69. The number of hydrogen-bond acceptors (Lipinski definition) is 6. The average Bonchev–Trinajstić information content (AvgIpc) is 3.95. The lowest BCUT2D eigenvalue weighted by molar-refractivity contribution is -0.150. The summed E-state index contributed by atoms with van der Waals surface area (Å²) in [5, 5.41) is 9.51. The van der Waals surface area contributed by atoms with E-state index in [9.17, 15) is 14.7 Å². The van der Waals surface area contributed by atoms with Gasteiger partial charge in [-0.25, -0.2) is 0 Å². The number of nitrogens with zero attached hydrogens (tertiary/aromatic N) is 1. The van der Waals surface area contributed by atoms with Crippen LogP contribution in [0.15, 0.2) is 0 Å². The van der Waals surface area contributed by atoms with Crippen molar-refractivity contribution in [1.29, 1.82) is 0 Å². The molecule has 0 radical (unpaired) electrons. The Morgan fingerprint density at radius 1 is 0.582 bits per heavy atom. The van der Waals surface area contributed by atoms with Crippen molar-refractivity contribution in [3.05, 3.63) is 0 Å². The summed E-state index contributed by atoms with van der Waals surface area (Å²) < 4.78 is 11.8. The fourth-order valence-corrected chi connectivity index (χ4v) is 8.21. The van der Waals surface area contributed by atoms with Crippen molar-refractivity contribution >= 4 is 11.9 Å². The standard InChI is InChI=1S/C49H95NO5/c1-6-9-12-15-18-21-25-33-46(52)54-44-48(4,5)35-26-22-28-40-50(42-30-43-51)41-29-27-36-49(38-39-49)37-34-47(53)55-45(31-23-19-16-13-10-7-2)32-24-20-17-14-11-8-3/h45,51H,6-44H2,1-5H3. The van der Waals surface area contributed by atoms with Gasteiger partial charge in [0.15, 0.2) is 0 Å². The molecule has 0 spiro atoms. The Kier molecular flexibility index (Phi) is 32.9. The molecule has 1 fully saturated rings. The van der Waals surface area contributed by atoms with E-state index in [0.717, 1.165) is 71.0 Å². The van der Waals surface area contributed by atoms with Crippen molar-refractivity contribution in [2.45, 2.75) is 259 Å². The van der Waals surface area contributed by atoms with Crippen molar-refractivity contribution in [3.8, 4) is 0 Å².